The number of ether oxygens (including phenoxy) is 2. The van der Waals surface area contributed by atoms with Crippen molar-refractivity contribution < 1.29 is 9.47 Å². The van der Waals surface area contributed by atoms with Crippen LogP contribution in [0.5, 0.6) is 0 Å². The number of halogens is 2. The zero-order valence-corrected chi connectivity index (χ0v) is 14.8. The molecule has 2 aromatic heterocycles. The molecule has 130 valence electrons. The van der Waals surface area contributed by atoms with E-state index in [1.54, 1.807) is 37.2 Å². The lowest BCUT2D eigenvalue weighted by molar-refractivity contribution is -0.188. The first kappa shape index (κ1) is 16.6. The van der Waals surface area contributed by atoms with Gasteiger partial charge in [0.05, 0.1) is 37.4 Å². The Bertz CT molecular complexity index is 838. The van der Waals surface area contributed by atoms with Gasteiger partial charge in [0.15, 0.2) is 0 Å². The Balaban J connectivity index is 1.65. The summed E-state index contributed by atoms with van der Waals surface area (Å²) in [6, 6.07) is 5.33. The number of imidazole rings is 2. The number of hydrogen-bond acceptors (Lipinski definition) is 4. The average molecular weight is 379 g/mol. The van der Waals surface area contributed by atoms with Gasteiger partial charge in [0.1, 0.15) is 6.10 Å². The molecule has 0 spiro atoms. The minimum absolute atomic E-state index is 0.121. The largest absolute Gasteiger partial charge is 0.342 e. The van der Waals surface area contributed by atoms with Crippen LogP contribution in [-0.4, -0.2) is 31.8 Å². The van der Waals surface area contributed by atoms with Crippen molar-refractivity contribution in [1.82, 2.24) is 19.1 Å². The van der Waals surface area contributed by atoms with E-state index in [-0.39, 0.29) is 6.10 Å². The van der Waals surface area contributed by atoms with Crippen molar-refractivity contribution >= 4 is 23.2 Å². The lowest BCUT2D eigenvalue weighted by atomic mass is 10.1. The van der Waals surface area contributed by atoms with Gasteiger partial charge in [-0.15, -0.1) is 0 Å². The third-order valence-electron chi connectivity index (χ3n) is 4.12. The van der Waals surface area contributed by atoms with Gasteiger partial charge in [-0.25, -0.2) is 9.97 Å². The number of benzene rings is 1. The Morgan fingerprint density at radius 3 is 2.56 bits per heavy atom. The van der Waals surface area contributed by atoms with E-state index in [0.717, 1.165) is 5.56 Å². The molecule has 0 bridgehead atoms. The molecular formula is C17H16Cl2N4O2. The zero-order chi connectivity index (χ0) is 17.3. The van der Waals surface area contributed by atoms with Crippen LogP contribution in [0.15, 0.2) is 55.6 Å². The van der Waals surface area contributed by atoms with Crippen LogP contribution in [0.1, 0.15) is 5.56 Å². The first-order valence-corrected chi connectivity index (χ1v) is 8.59. The SMILES string of the molecule is Clc1ccc([C@]2(Cn3ccnc3)OC[C@@H](Cn3ccnc3)O2)c(Cl)c1. The third-order valence-corrected chi connectivity index (χ3v) is 4.67. The standard InChI is InChI=1S/C17H16Cl2N4O2/c18-13-1-2-15(16(19)7-13)17(10-23-6-4-21-12-23)24-9-14(25-17)8-22-5-3-20-11-22/h1-7,11-12,14H,8-10H2/t14-,17-/m1/s1. The topological polar surface area (TPSA) is 54.1 Å². The Labute approximate surface area is 154 Å². The minimum Gasteiger partial charge on any atom is -0.342 e. The molecule has 0 saturated carbocycles. The maximum atomic E-state index is 6.45. The zero-order valence-electron chi connectivity index (χ0n) is 13.3. The van der Waals surface area contributed by atoms with Gasteiger partial charge in [0.25, 0.3) is 0 Å². The van der Waals surface area contributed by atoms with Gasteiger partial charge in [-0.1, -0.05) is 29.3 Å². The molecule has 3 aromatic rings. The Morgan fingerprint density at radius 1 is 1.12 bits per heavy atom. The molecule has 1 saturated heterocycles. The monoisotopic (exact) mass is 378 g/mol. The summed E-state index contributed by atoms with van der Waals surface area (Å²) in [4.78, 5) is 8.15. The second-order valence-corrected chi connectivity index (χ2v) is 6.77. The van der Waals surface area contributed by atoms with Crippen molar-refractivity contribution in [2.24, 2.45) is 0 Å². The summed E-state index contributed by atoms with van der Waals surface area (Å²) in [5.74, 6) is -0.992. The summed E-state index contributed by atoms with van der Waals surface area (Å²) in [5.41, 5.74) is 0.750. The van der Waals surface area contributed by atoms with Gasteiger partial charge in [0.2, 0.25) is 5.79 Å². The van der Waals surface area contributed by atoms with Crippen molar-refractivity contribution in [3.05, 3.63) is 71.2 Å². The number of aromatic nitrogens is 4. The van der Waals surface area contributed by atoms with Crippen LogP contribution in [0.25, 0.3) is 0 Å². The molecule has 25 heavy (non-hydrogen) atoms. The van der Waals surface area contributed by atoms with E-state index in [9.17, 15) is 0 Å². The lowest BCUT2D eigenvalue weighted by Gasteiger charge is -2.30. The number of rotatable bonds is 5. The first-order valence-electron chi connectivity index (χ1n) is 7.83. The smallest absolute Gasteiger partial charge is 0.215 e. The highest BCUT2D eigenvalue weighted by atomic mass is 35.5. The highest BCUT2D eigenvalue weighted by molar-refractivity contribution is 6.35. The molecule has 4 rings (SSSR count). The van der Waals surface area contributed by atoms with E-state index < -0.39 is 5.79 Å². The molecule has 0 amide bonds. The van der Waals surface area contributed by atoms with Crippen molar-refractivity contribution in [1.29, 1.82) is 0 Å². The van der Waals surface area contributed by atoms with Gasteiger partial charge in [-0.05, 0) is 12.1 Å². The van der Waals surface area contributed by atoms with Crippen LogP contribution in [0.2, 0.25) is 10.0 Å². The van der Waals surface area contributed by atoms with Gasteiger partial charge in [-0.3, -0.25) is 0 Å². The normalized spacial score (nSPS) is 23.2. The molecule has 1 aromatic carbocycles. The van der Waals surface area contributed by atoms with Crippen molar-refractivity contribution in [2.75, 3.05) is 6.61 Å². The van der Waals surface area contributed by atoms with Gasteiger partial charge in [-0.2, -0.15) is 0 Å². The maximum Gasteiger partial charge on any atom is 0.215 e. The molecule has 1 fully saturated rings. The van der Waals surface area contributed by atoms with E-state index in [4.69, 9.17) is 32.7 Å². The first-order chi connectivity index (χ1) is 12.1. The highest BCUT2D eigenvalue weighted by Crippen LogP contribution is 2.40. The average Bonchev–Trinajstić information content (AvgIpc) is 3.31. The number of hydrogen-bond donors (Lipinski definition) is 0. The molecule has 0 N–H and O–H groups in total. The van der Waals surface area contributed by atoms with Crippen molar-refractivity contribution in [2.45, 2.75) is 25.0 Å². The summed E-state index contributed by atoms with van der Waals surface area (Å²) in [5, 5.41) is 1.08. The molecule has 1 aliphatic rings. The van der Waals surface area contributed by atoms with Crippen LogP contribution in [-0.2, 0) is 28.4 Å². The summed E-state index contributed by atoms with van der Waals surface area (Å²) < 4.78 is 16.4. The molecule has 8 heteroatoms. The van der Waals surface area contributed by atoms with Crippen LogP contribution in [0.4, 0.5) is 0 Å². The molecule has 0 unspecified atom stereocenters. The quantitative estimate of drug-likeness (QED) is 0.682. The minimum atomic E-state index is -0.992. The molecule has 1 aliphatic heterocycles. The molecular weight excluding hydrogens is 363 g/mol. The van der Waals surface area contributed by atoms with Crippen molar-refractivity contribution in [3.8, 4) is 0 Å². The van der Waals surface area contributed by atoms with E-state index >= 15 is 0 Å². The van der Waals surface area contributed by atoms with Crippen molar-refractivity contribution in [3.63, 3.8) is 0 Å². The highest BCUT2D eigenvalue weighted by Gasteiger charge is 2.45. The predicted octanol–water partition coefficient (Wildman–Crippen LogP) is 3.36. The lowest BCUT2D eigenvalue weighted by Crippen LogP contribution is -2.34. The molecule has 3 heterocycles. The van der Waals surface area contributed by atoms with Crippen LogP contribution < -0.4 is 0 Å². The molecule has 2 atom stereocenters. The van der Waals surface area contributed by atoms with Gasteiger partial charge < -0.3 is 18.6 Å². The van der Waals surface area contributed by atoms with Gasteiger partial charge >= 0.3 is 0 Å². The van der Waals surface area contributed by atoms with Crippen LogP contribution in [0, 0.1) is 0 Å². The summed E-state index contributed by atoms with van der Waals surface area (Å²) in [6.07, 6.45) is 10.6. The Hall–Kier alpha value is -1.86. The number of nitrogens with zero attached hydrogens (tertiary/aromatic N) is 4. The molecule has 0 aliphatic carbocycles. The Kier molecular flexibility index (Phi) is 4.52. The molecule has 6 nitrogen and oxygen atoms in total. The fourth-order valence-corrected chi connectivity index (χ4v) is 3.57. The Morgan fingerprint density at radius 2 is 1.88 bits per heavy atom. The molecule has 0 radical (unpaired) electrons. The van der Waals surface area contributed by atoms with E-state index in [0.29, 0.717) is 29.7 Å². The maximum absolute atomic E-state index is 6.45. The summed E-state index contributed by atoms with van der Waals surface area (Å²) in [7, 11) is 0. The summed E-state index contributed by atoms with van der Waals surface area (Å²) in [6.45, 7) is 1.54. The van der Waals surface area contributed by atoms with Gasteiger partial charge in [0, 0.05) is 35.4 Å². The van der Waals surface area contributed by atoms with Crippen LogP contribution >= 0.6 is 23.2 Å². The van der Waals surface area contributed by atoms with Crippen LogP contribution in [0.3, 0.4) is 0 Å². The fourth-order valence-electron chi connectivity index (χ4n) is 3.01. The van der Waals surface area contributed by atoms with E-state index in [1.807, 2.05) is 27.6 Å². The fraction of sp³-hybridized carbons (Fsp3) is 0.294. The third kappa shape index (κ3) is 3.43. The second kappa shape index (κ2) is 6.80. The predicted molar refractivity (Wildman–Crippen MR) is 93.4 cm³/mol. The second-order valence-electron chi connectivity index (χ2n) is 5.92. The van der Waals surface area contributed by atoms with E-state index in [2.05, 4.69) is 9.97 Å². The summed E-state index contributed by atoms with van der Waals surface area (Å²) >= 11 is 12.5. The van der Waals surface area contributed by atoms with E-state index in [1.165, 1.54) is 0 Å².